The second-order valence-electron chi connectivity index (χ2n) is 5.56. The summed E-state index contributed by atoms with van der Waals surface area (Å²) in [5, 5.41) is 0. The molecule has 1 heterocycles. The van der Waals surface area contributed by atoms with Gasteiger partial charge in [0.05, 0.1) is 0 Å². The van der Waals surface area contributed by atoms with Crippen LogP contribution in [0.3, 0.4) is 0 Å². The predicted octanol–water partition coefficient (Wildman–Crippen LogP) is 2.76. The van der Waals surface area contributed by atoms with Gasteiger partial charge in [0.25, 0.3) is 5.56 Å². The lowest BCUT2D eigenvalue weighted by atomic mass is 10.1. The van der Waals surface area contributed by atoms with E-state index in [1.165, 1.54) is 13.1 Å². The minimum atomic E-state index is -0.635. The molecule has 0 unspecified atom stereocenters. The predicted molar refractivity (Wildman–Crippen MR) is 98.6 cm³/mol. The molecule has 0 fully saturated rings. The van der Waals surface area contributed by atoms with Crippen molar-refractivity contribution in [3.8, 4) is 11.5 Å². The van der Waals surface area contributed by atoms with E-state index < -0.39 is 17.0 Å². The van der Waals surface area contributed by atoms with Gasteiger partial charge in [0, 0.05) is 13.2 Å². The molecule has 0 aliphatic rings. The van der Waals surface area contributed by atoms with Crippen LogP contribution in [0.15, 0.2) is 76.5 Å². The lowest BCUT2D eigenvalue weighted by Gasteiger charge is -2.05. The molecule has 1 aromatic heterocycles. The minimum absolute atomic E-state index is 0.0972. The van der Waals surface area contributed by atoms with Crippen molar-refractivity contribution in [1.29, 1.82) is 0 Å². The lowest BCUT2D eigenvalue weighted by Crippen LogP contribution is -2.35. The summed E-state index contributed by atoms with van der Waals surface area (Å²) in [6, 6.07) is 16.6. The third-order valence-electron chi connectivity index (χ3n) is 3.71. The zero-order chi connectivity index (χ0) is 18.5. The van der Waals surface area contributed by atoms with Crippen LogP contribution in [0.4, 0.5) is 0 Å². The van der Waals surface area contributed by atoms with Crippen LogP contribution in [0.25, 0.3) is 6.08 Å². The van der Waals surface area contributed by atoms with Crippen LogP contribution < -0.4 is 16.0 Å². The van der Waals surface area contributed by atoms with Gasteiger partial charge in [-0.15, -0.1) is 0 Å². The highest BCUT2D eigenvalue weighted by Gasteiger charge is 2.10. The van der Waals surface area contributed by atoms with Gasteiger partial charge in [-0.05, 0) is 35.9 Å². The molecule has 0 saturated heterocycles. The number of allylic oxidation sites excluding steroid dienone is 1. The first-order chi connectivity index (χ1) is 12.5. The van der Waals surface area contributed by atoms with Crippen molar-refractivity contribution < 1.29 is 9.53 Å². The first-order valence-corrected chi connectivity index (χ1v) is 7.89. The fourth-order valence-corrected chi connectivity index (χ4v) is 2.31. The molecule has 0 aliphatic carbocycles. The van der Waals surface area contributed by atoms with Gasteiger partial charge in [-0.2, -0.15) is 0 Å². The summed E-state index contributed by atoms with van der Waals surface area (Å²) in [7, 11) is 1.31. The maximum absolute atomic E-state index is 12.2. The second kappa shape index (κ2) is 7.48. The number of ketones is 1. The second-order valence-corrected chi connectivity index (χ2v) is 5.56. The normalized spacial score (nSPS) is 10.8. The molecular formula is C20H16N2O4. The Hall–Kier alpha value is -3.67. The standard InChI is InChI=1S/C20H16N2O4/c1-22-19(24)17(13-21-20(22)25)18(23)11-10-14-6-5-9-16(12-14)26-15-7-3-2-4-8-15/h2-13H,1H3,(H,21,25)/b11-10+. The summed E-state index contributed by atoms with van der Waals surface area (Å²) in [4.78, 5) is 37.9. The van der Waals surface area contributed by atoms with Gasteiger partial charge in [0.1, 0.15) is 17.1 Å². The number of rotatable bonds is 5. The zero-order valence-electron chi connectivity index (χ0n) is 14.0. The quantitative estimate of drug-likeness (QED) is 0.568. The minimum Gasteiger partial charge on any atom is -0.457 e. The molecular weight excluding hydrogens is 332 g/mol. The SMILES string of the molecule is Cn1c(=O)[nH]cc(C(=O)/C=C/c2cccc(Oc3ccccc3)c2)c1=O. The molecule has 3 rings (SSSR count). The van der Waals surface area contributed by atoms with Crippen molar-refractivity contribution in [3.63, 3.8) is 0 Å². The first-order valence-electron chi connectivity index (χ1n) is 7.89. The van der Waals surface area contributed by atoms with Crippen LogP contribution in [-0.2, 0) is 7.05 Å². The number of ether oxygens (including phenoxy) is 1. The smallest absolute Gasteiger partial charge is 0.328 e. The summed E-state index contributed by atoms with van der Waals surface area (Å²) in [5.41, 5.74) is -0.557. The number of hydrogen-bond donors (Lipinski definition) is 1. The van der Waals surface area contributed by atoms with Crippen molar-refractivity contribution in [2.75, 3.05) is 0 Å². The van der Waals surface area contributed by atoms with E-state index in [2.05, 4.69) is 4.98 Å². The Morgan fingerprint density at radius 2 is 1.77 bits per heavy atom. The highest BCUT2D eigenvalue weighted by Crippen LogP contribution is 2.22. The molecule has 130 valence electrons. The summed E-state index contributed by atoms with van der Waals surface area (Å²) < 4.78 is 6.60. The van der Waals surface area contributed by atoms with Gasteiger partial charge in [0.2, 0.25) is 0 Å². The van der Waals surface area contributed by atoms with Crippen LogP contribution in [-0.4, -0.2) is 15.3 Å². The monoisotopic (exact) mass is 348 g/mol. The zero-order valence-corrected chi connectivity index (χ0v) is 14.0. The van der Waals surface area contributed by atoms with E-state index in [-0.39, 0.29) is 5.56 Å². The van der Waals surface area contributed by atoms with E-state index >= 15 is 0 Å². The van der Waals surface area contributed by atoms with Gasteiger partial charge in [-0.1, -0.05) is 36.4 Å². The Bertz CT molecular complexity index is 1080. The van der Waals surface area contributed by atoms with E-state index in [1.807, 2.05) is 42.5 Å². The molecule has 0 spiro atoms. The molecule has 0 amide bonds. The van der Waals surface area contributed by atoms with Crippen LogP contribution in [0.1, 0.15) is 15.9 Å². The van der Waals surface area contributed by atoms with Gasteiger partial charge in [-0.3, -0.25) is 14.2 Å². The molecule has 0 radical (unpaired) electrons. The molecule has 0 bridgehead atoms. The number of para-hydroxylation sites is 1. The van der Waals surface area contributed by atoms with E-state index in [9.17, 15) is 14.4 Å². The van der Waals surface area contributed by atoms with E-state index in [0.717, 1.165) is 16.3 Å². The molecule has 2 aromatic carbocycles. The number of aromatic amines is 1. The number of aromatic nitrogens is 2. The van der Waals surface area contributed by atoms with Crippen molar-refractivity contribution >= 4 is 11.9 Å². The van der Waals surface area contributed by atoms with E-state index in [0.29, 0.717) is 11.5 Å². The average Bonchev–Trinajstić information content (AvgIpc) is 2.65. The summed E-state index contributed by atoms with van der Waals surface area (Å²) in [6.07, 6.45) is 4.01. The van der Waals surface area contributed by atoms with Gasteiger partial charge >= 0.3 is 5.69 Å². The van der Waals surface area contributed by atoms with E-state index in [1.54, 1.807) is 18.2 Å². The fraction of sp³-hybridized carbons (Fsp3) is 0.0500. The summed E-state index contributed by atoms with van der Waals surface area (Å²) in [5.74, 6) is 0.850. The number of hydrogen-bond acceptors (Lipinski definition) is 4. The fourth-order valence-electron chi connectivity index (χ4n) is 2.31. The molecule has 26 heavy (non-hydrogen) atoms. The van der Waals surface area contributed by atoms with Crippen molar-refractivity contribution in [3.05, 3.63) is 98.8 Å². The number of carbonyl (C=O) groups is 1. The van der Waals surface area contributed by atoms with E-state index in [4.69, 9.17) is 4.74 Å². The Morgan fingerprint density at radius 3 is 2.54 bits per heavy atom. The summed E-state index contributed by atoms with van der Waals surface area (Å²) in [6.45, 7) is 0. The Balaban J connectivity index is 1.79. The lowest BCUT2D eigenvalue weighted by molar-refractivity contribution is 0.104. The number of benzene rings is 2. The van der Waals surface area contributed by atoms with Gasteiger partial charge in [-0.25, -0.2) is 4.79 Å². The van der Waals surface area contributed by atoms with Crippen LogP contribution >= 0.6 is 0 Å². The van der Waals surface area contributed by atoms with Crippen LogP contribution in [0, 0.1) is 0 Å². The topological polar surface area (TPSA) is 81.2 Å². The third-order valence-corrected chi connectivity index (χ3v) is 3.71. The van der Waals surface area contributed by atoms with Gasteiger partial charge in [0.15, 0.2) is 5.78 Å². The van der Waals surface area contributed by atoms with Gasteiger partial charge < -0.3 is 9.72 Å². The van der Waals surface area contributed by atoms with Crippen LogP contribution in [0.5, 0.6) is 11.5 Å². The maximum atomic E-state index is 12.2. The van der Waals surface area contributed by atoms with Crippen molar-refractivity contribution in [2.45, 2.75) is 0 Å². The first kappa shape index (κ1) is 17.2. The molecule has 0 aliphatic heterocycles. The molecule has 6 heteroatoms. The Kier molecular flexibility index (Phi) is 4.94. The summed E-state index contributed by atoms with van der Waals surface area (Å²) >= 11 is 0. The molecule has 3 aromatic rings. The Labute approximate surface area is 149 Å². The van der Waals surface area contributed by atoms with Crippen LogP contribution in [0.2, 0.25) is 0 Å². The highest BCUT2D eigenvalue weighted by molar-refractivity contribution is 6.06. The Morgan fingerprint density at radius 1 is 1.04 bits per heavy atom. The molecule has 6 nitrogen and oxygen atoms in total. The highest BCUT2D eigenvalue weighted by atomic mass is 16.5. The maximum Gasteiger partial charge on any atom is 0.328 e. The molecule has 0 atom stereocenters. The number of carbonyl (C=O) groups excluding carboxylic acids is 1. The number of nitrogens with zero attached hydrogens (tertiary/aromatic N) is 1. The number of H-pyrrole nitrogens is 1. The van der Waals surface area contributed by atoms with Crippen molar-refractivity contribution in [1.82, 2.24) is 9.55 Å². The van der Waals surface area contributed by atoms with Crippen molar-refractivity contribution in [2.24, 2.45) is 7.05 Å². The molecule has 1 N–H and O–H groups in total. The molecule has 0 saturated carbocycles. The number of nitrogens with one attached hydrogen (secondary N) is 1. The largest absolute Gasteiger partial charge is 0.457 e. The average molecular weight is 348 g/mol. The third kappa shape index (κ3) is 3.87.